The highest BCUT2D eigenvalue weighted by molar-refractivity contribution is 5.37. The van der Waals surface area contributed by atoms with Crippen LogP contribution in [0.4, 0.5) is 0 Å². The van der Waals surface area contributed by atoms with Crippen molar-refractivity contribution in [1.82, 2.24) is 5.32 Å². The van der Waals surface area contributed by atoms with Gasteiger partial charge in [0.2, 0.25) is 0 Å². The molecular formula is C38H63N. The Hall–Kier alpha value is -1.76. The molecule has 4 rings (SSSR count). The maximum Gasteiger partial charge on any atom is 0.0138 e. The molecule has 2 saturated carbocycles. The number of fused-ring (bicyclic) bond motifs is 2. The van der Waals surface area contributed by atoms with Crippen LogP contribution in [-0.4, -0.2) is 0 Å². The largest absolute Gasteiger partial charge is 0.363 e. The number of hydrogen-bond acceptors (Lipinski definition) is 1. The first-order valence-electron chi connectivity index (χ1n) is 16.5. The molecule has 220 valence electrons. The van der Waals surface area contributed by atoms with Crippen LogP contribution < -0.4 is 5.32 Å². The molecule has 0 aromatic rings. The van der Waals surface area contributed by atoms with Gasteiger partial charge in [0.15, 0.2) is 0 Å². The molecule has 1 heteroatoms. The van der Waals surface area contributed by atoms with E-state index in [4.69, 9.17) is 13.2 Å². The van der Waals surface area contributed by atoms with Crippen LogP contribution in [0.15, 0.2) is 71.1 Å². The molecule has 0 aliphatic heterocycles. The lowest BCUT2D eigenvalue weighted by Crippen LogP contribution is -2.46. The SMILES string of the molecule is C=C(NC(=C)C1(C)CCCC2C(/C=C\C)=C(C)CCC21)C1CCCC2(C)C(/C=C\C)=C(C)CCC12.CC.CC. The van der Waals surface area contributed by atoms with E-state index in [-0.39, 0.29) is 10.8 Å². The van der Waals surface area contributed by atoms with Crippen LogP contribution in [0.3, 0.4) is 0 Å². The molecule has 6 unspecified atom stereocenters. The van der Waals surface area contributed by atoms with Gasteiger partial charge in [0, 0.05) is 22.7 Å². The van der Waals surface area contributed by atoms with Gasteiger partial charge in [-0.25, -0.2) is 0 Å². The topological polar surface area (TPSA) is 12.0 Å². The maximum atomic E-state index is 4.72. The number of allylic oxidation sites excluding steroid dienone is 10. The summed E-state index contributed by atoms with van der Waals surface area (Å²) in [7, 11) is 0. The van der Waals surface area contributed by atoms with Crippen molar-refractivity contribution in [1.29, 1.82) is 0 Å². The Morgan fingerprint density at radius 3 is 2.03 bits per heavy atom. The standard InChI is InChI=1S/C34H51N.2C2H6/c1-9-13-27-23(3)17-19-32-29(27)16-12-21-33(32,7)26(6)35-25(5)28-15-11-22-34(8)30(14-10-2)24(4)18-20-31(28)34;2*1-2/h9-10,13-14,28-29,31-32,35H,5-6,11-12,15-22H2,1-4,7-8H3;2*1-2H3/b13-9-,14-10-;;. The quantitative estimate of drug-likeness (QED) is 0.358. The van der Waals surface area contributed by atoms with Crippen LogP contribution in [0.5, 0.6) is 0 Å². The van der Waals surface area contributed by atoms with E-state index in [1.54, 1.807) is 22.3 Å². The Morgan fingerprint density at radius 2 is 1.38 bits per heavy atom. The van der Waals surface area contributed by atoms with Crippen molar-refractivity contribution in [2.75, 3.05) is 0 Å². The van der Waals surface area contributed by atoms with Gasteiger partial charge in [-0.2, -0.15) is 0 Å². The Bertz CT molecular complexity index is 971. The van der Waals surface area contributed by atoms with Crippen LogP contribution in [0.2, 0.25) is 0 Å². The highest BCUT2D eigenvalue weighted by Crippen LogP contribution is 2.58. The molecule has 0 radical (unpaired) electrons. The Labute approximate surface area is 244 Å². The van der Waals surface area contributed by atoms with Crippen LogP contribution in [-0.2, 0) is 0 Å². The van der Waals surface area contributed by atoms with Crippen molar-refractivity contribution >= 4 is 0 Å². The first-order valence-corrected chi connectivity index (χ1v) is 16.5. The first kappa shape index (κ1) is 33.4. The van der Waals surface area contributed by atoms with Crippen molar-refractivity contribution in [3.8, 4) is 0 Å². The molecule has 4 aliphatic carbocycles. The van der Waals surface area contributed by atoms with Gasteiger partial charge in [0.05, 0.1) is 0 Å². The average Bonchev–Trinajstić information content (AvgIpc) is 2.94. The predicted octanol–water partition coefficient (Wildman–Crippen LogP) is 11.9. The van der Waals surface area contributed by atoms with E-state index in [2.05, 4.69) is 71.2 Å². The van der Waals surface area contributed by atoms with Crippen molar-refractivity contribution in [3.63, 3.8) is 0 Å². The summed E-state index contributed by atoms with van der Waals surface area (Å²) in [4.78, 5) is 0. The molecule has 0 saturated heterocycles. The number of hydrogen-bond donors (Lipinski definition) is 1. The second-order valence-electron chi connectivity index (χ2n) is 12.7. The number of nitrogens with one attached hydrogen (secondary N) is 1. The van der Waals surface area contributed by atoms with Crippen molar-refractivity contribution < 1.29 is 0 Å². The van der Waals surface area contributed by atoms with E-state index >= 15 is 0 Å². The summed E-state index contributed by atoms with van der Waals surface area (Å²) in [5, 5.41) is 3.90. The zero-order chi connectivity index (χ0) is 29.4. The predicted molar refractivity (Wildman–Crippen MR) is 175 cm³/mol. The molecule has 1 N–H and O–H groups in total. The summed E-state index contributed by atoms with van der Waals surface area (Å²) in [6, 6.07) is 0. The zero-order valence-electron chi connectivity index (χ0n) is 27.6. The molecule has 0 spiro atoms. The fraction of sp³-hybridized carbons (Fsp3) is 0.684. The van der Waals surface area contributed by atoms with E-state index in [9.17, 15) is 0 Å². The summed E-state index contributed by atoms with van der Waals surface area (Å²) < 4.78 is 0. The molecular weight excluding hydrogens is 470 g/mol. The lowest BCUT2D eigenvalue weighted by Gasteiger charge is -2.53. The summed E-state index contributed by atoms with van der Waals surface area (Å²) in [6.07, 6.45) is 22.1. The Balaban J connectivity index is 0.00000127. The number of rotatable bonds is 6. The minimum absolute atomic E-state index is 0.135. The van der Waals surface area contributed by atoms with Crippen LogP contribution in [0, 0.1) is 34.5 Å². The second kappa shape index (κ2) is 14.7. The Kier molecular flexibility index (Phi) is 12.6. The second-order valence-corrected chi connectivity index (χ2v) is 12.7. The first-order chi connectivity index (χ1) is 18.7. The monoisotopic (exact) mass is 533 g/mol. The molecule has 0 aromatic heterocycles. The molecule has 6 atom stereocenters. The third-order valence-corrected chi connectivity index (χ3v) is 10.8. The molecule has 2 fully saturated rings. The van der Waals surface area contributed by atoms with E-state index in [0.717, 1.165) is 0 Å². The van der Waals surface area contributed by atoms with Crippen LogP contribution in [0.1, 0.15) is 133 Å². The average molecular weight is 534 g/mol. The highest BCUT2D eigenvalue weighted by atomic mass is 14.9. The van der Waals surface area contributed by atoms with Gasteiger partial charge in [0.1, 0.15) is 0 Å². The molecule has 0 aromatic carbocycles. The molecule has 0 heterocycles. The third-order valence-electron chi connectivity index (χ3n) is 10.8. The van der Waals surface area contributed by atoms with Gasteiger partial charge in [-0.05, 0) is 113 Å². The zero-order valence-corrected chi connectivity index (χ0v) is 27.6. The van der Waals surface area contributed by atoms with Gasteiger partial charge >= 0.3 is 0 Å². The summed E-state index contributed by atoms with van der Waals surface area (Å²) >= 11 is 0. The highest BCUT2D eigenvalue weighted by Gasteiger charge is 2.49. The minimum Gasteiger partial charge on any atom is -0.363 e. The Morgan fingerprint density at radius 1 is 0.795 bits per heavy atom. The molecule has 4 aliphatic rings. The lowest BCUT2D eigenvalue weighted by atomic mass is 9.54. The summed E-state index contributed by atoms with van der Waals surface area (Å²) in [6.45, 7) is 31.5. The molecule has 1 nitrogen and oxygen atoms in total. The maximum absolute atomic E-state index is 4.72. The molecule has 39 heavy (non-hydrogen) atoms. The minimum atomic E-state index is 0.135. The van der Waals surface area contributed by atoms with E-state index in [1.807, 2.05) is 27.7 Å². The fourth-order valence-electron chi connectivity index (χ4n) is 8.78. The normalized spacial score (nSPS) is 34.4. The van der Waals surface area contributed by atoms with E-state index < -0.39 is 0 Å². The van der Waals surface area contributed by atoms with Crippen molar-refractivity contribution in [2.24, 2.45) is 34.5 Å². The fourth-order valence-corrected chi connectivity index (χ4v) is 8.78. The van der Waals surface area contributed by atoms with Gasteiger partial charge in [-0.1, -0.05) is 103 Å². The lowest BCUT2D eigenvalue weighted by molar-refractivity contribution is 0.0796. The van der Waals surface area contributed by atoms with E-state index in [0.29, 0.717) is 23.7 Å². The summed E-state index contributed by atoms with van der Waals surface area (Å²) in [5.74, 6) is 2.57. The van der Waals surface area contributed by atoms with E-state index in [1.165, 1.54) is 75.6 Å². The van der Waals surface area contributed by atoms with Gasteiger partial charge in [0.25, 0.3) is 0 Å². The third kappa shape index (κ3) is 6.60. The van der Waals surface area contributed by atoms with Gasteiger partial charge in [-0.15, -0.1) is 0 Å². The molecule has 0 amide bonds. The summed E-state index contributed by atoms with van der Waals surface area (Å²) in [5.41, 5.74) is 9.32. The van der Waals surface area contributed by atoms with Crippen molar-refractivity contribution in [2.45, 2.75) is 133 Å². The smallest absolute Gasteiger partial charge is 0.0138 e. The van der Waals surface area contributed by atoms with Crippen LogP contribution in [0.25, 0.3) is 0 Å². The van der Waals surface area contributed by atoms with Gasteiger partial charge in [-0.3, -0.25) is 0 Å². The van der Waals surface area contributed by atoms with Crippen molar-refractivity contribution in [3.05, 3.63) is 71.1 Å². The van der Waals surface area contributed by atoms with Crippen LogP contribution >= 0.6 is 0 Å². The van der Waals surface area contributed by atoms with Gasteiger partial charge < -0.3 is 5.32 Å². The molecule has 0 bridgehead atoms.